The van der Waals surface area contributed by atoms with Gasteiger partial charge in [-0.05, 0) is 19.3 Å². The molecule has 0 aromatic heterocycles. The molecule has 1 saturated carbocycles. The van der Waals surface area contributed by atoms with E-state index in [9.17, 15) is 4.39 Å². The molecule has 10 heavy (non-hydrogen) atoms. The molecule has 1 saturated heterocycles. The van der Waals surface area contributed by atoms with Crippen molar-refractivity contribution in [3.8, 4) is 0 Å². The molecule has 1 aliphatic heterocycles. The smallest absolute Gasteiger partial charge is 0.144 e. The van der Waals surface area contributed by atoms with E-state index in [0.29, 0.717) is 19.5 Å². The van der Waals surface area contributed by atoms with Crippen molar-refractivity contribution >= 4 is 0 Å². The van der Waals surface area contributed by atoms with Crippen LogP contribution in [0, 0.1) is 0 Å². The predicted molar refractivity (Wildman–Crippen MR) is 36.5 cm³/mol. The Balaban J connectivity index is 2.30. The Morgan fingerprint density at radius 1 is 1.30 bits per heavy atom. The Morgan fingerprint density at radius 3 is 2.80 bits per heavy atom. The van der Waals surface area contributed by atoms with Gasteiger partial charge in [0.1, 0.15) is 5.67 Å². The summed E-state index contributed by atoms with van der Waals surface area (Å²) in [5, 5.41) is 4.01. The average Bonchev–Trinajstić information content (AvgIpc) is 2.20. The Morgan fingerprint density at radius 2 is 2.10 bits per heavy atom. The van der Waals surface area contributed by atoms with E-state index in [4.69, 9.17) is 5.73 Å². The molecular formula is C7H12FN2. The van der Waals surface area contributed by atoms with Crippen LogP contribution in [0.5, 0.6) is 0 Å². The molecule has 0 amide bonds. The van der Waals surface area contributed by atoms with Crippen LogP contribution in [-0.4, -0.2) is 24.3 Å². The Bertz CT molecular complexity index is 132. The summed E-state index contributed by atoms with van der Waals surface area (Å²) < 4.78 is 13.7. The minimum atomic E-state index is -1.15. The highest BCUT2D eigenvalue weighted by atomic mass is 19.1. The van der Waals surface area contributed by atoms with E-state index in [2.05, 4.69) is 5.32 Å². The van der Waals surface area contributed by atoms with Crippen molar-refractivity contribution in [2.24, 2.45) is 5.73 Å². The molecule has 3 heteroatoms. The largest absolute Gasteiger partial charge is 0.321 e. The quantitative estimate of drug-likeness (QED) is 0.516. The first-order valence-electron chi connectivity index (χ1n) is 3.77. The monoisotopic (exact) mass is 143 g/mol. The number of halogens is 1. The Hall–Kier alpha value is -0.150. The summed E-state index contributed by atoms with van der Waals surface area (Å²) in [6.45, 7) is 0.868. The minimum absolute atomic E-state index is 0.337. The van der Waals surface area contributed by atoms with Gasteiger partial charge >= 0.3 is 0 Å². The zero-order valence-electron chi connectivity index (χ0n) is 5.94. The summed E-state index contributed by atoms with van der Waals surface area (Å²) in [6, 6.07) is 0. The number of hydrogen-bond acceptors (Lipinski definition) is 1. The molecule has 0 spiro atoms. The van der Waals surface area contributed by atoms with Gasteiger partial charge in [0, 0.05) is 13.1 Å². The van der Waals surface area contributed by atoms with Gasteiger partial charge in [-0.3, -0.25) is 0 Å². The molecule has 1 radical (unpaired) electrons. The number of nitrogens with zero attached hydrogens (tertiary/aromatic N) is 1. The normalized spacial score (nSPS) is 53.4. The lowest BCUT2D eigenvalue weighted by molar-refractivity contribution is 0.133. The van der Waals surface area contributed by atoms with Crippen LogP contribution in [0.2, 0.25) is 0 Å². The number of fused-ring (bicyclic) bond motifs is 1. The molecule has 2 atom stereocenters. The van der Waals surface area contributed by atoms with Crippen molar-refractivity contribution in [1.29, 1.82) is 0 Å². The van der Waals surface area contributed by atoms with Crippen LogP contribution in [0.1, 0.15) is 19.3 Å². The second kappa shape index (κ2) is 1.71. The summed E-state index contributed by atoms with van der Waals surface area (Å²) in [7, 11) is 0. The van der Waals surface area contributed by atoms with E-state index in [1.54, 1.807) is 0 Å². The van der Waals surface area contributed by atoms with Gasteiger partial charge in [-0.15, -0.1) is 0 Å². The van der Waals surface area contributed by atoms with E-state index >= 15 is 0 Å². The summed E-state index contributed by atoms with van der Waals surface area (Å²) >= 11 is 0. The molecule has 2 nitrogen and oxygen atoms in total. The first-order chi connectivity index (χ1) is 4.66. The highest BCUT2D eigenvalue weighted by Crippen LogP contribution is 2.43. The molecule has 0 aromatic rings. The van der Waals surface area contributed by atoms with Gasteiger partial charge in [-0.1, -0.05) is 0 Å². The van der Waals surface area contributed by atoms with E-state index in [1.807, 2.05) is 0 Å². The molecule has 2 rings (SSSR count). The van der Waals surface area contributed by atoms with Crippen LogP contribution in [0.3, 0.4) is 0 Å². The first-order valence-corrected chi connectivity index (χ1v) is 3.77. The summed E-state index contributed by atoms with van der Waals surface area (Å²) in [6.07, 6.45) is 2.36. The molecule has 1 aliphatic carbocycles. The number of hydrogen-bond donors (Lipinski definition) is 1. The molecule has 0 unspecified atom stereocenters. The second-order valence-corrected chi connectivity index (χ2v) is 3.51. The molecule has 2 fully saturated rings. The lowest BCUT2D eigenvalue weighted by Crippen LogP contribution is -2.53. The van der Waals surface area contributed by atoms with Gasteiger partial charge in [-0.25, -0.2) is 9.71 Å². The Kier molecular flexibility index (Phi) is 1.12. The van der Waals surface area contributed by atoms with Gasteiger partial charge in [0.25, 0.3) is 0 Å². The van der Waals surface area contributed by atoms with Gasteiger partial charge in [0.05, 0.1) is 5.54 Å². The van der Waals surface area contributed by atoms with Crippen LogP contribution in [-0.2, 0) is 0 Å². The van der Waals surface area contributed by atoms with E-state index in [-0.39, 0.29) is 0 Å². The van der Waals surface area contributed by atoms with Gasteiger partial charge in [0.15, 0.2) is 0 Å². The first kappa shape index (κ1) is 6.55. The van der Waals surface area contributed by atoms with E-state index < -0.39 is 11.2 Å². The van der Waals surface area contributed by atoms with Crippen molar-refractivity contribution in [3.05, 3.63) is 0 Å². The van der Waals surface area contributed by atoms with Crippen molar-refractivity contribution in [1.82, 2.24) is 5.32 Å². The molecule has 0 bridgehead atoms. The van der Waals surface area contributed by atoms with Crippen LogP contribution >= 0.6 is 0 Å². The maximum Gasteiger partial charge on any atom is 0.144 e. The second-order valence-electron chi connectivity index (χ2n) is 3.51. The Labute approximate surface area is 60.0 Å². The van der Waals surface area contributed by atoms with Crippen molar-refractivity contribution in [2.45, 2.75) is 30.5 Å². The van der Waals surface area contributed by atoms with Crippen LogP contribution in [0.4, 0.5) is 4.39 Å². The standard InChI is InChI=1S/C7H12FN2/c8-6-2-1-3-7(6,9)5-10-4-6/h1-5,9H2/t6-,7-/m1/s1. The molecular weight excluding hydrogens is 131 g/mol. The minimum Gasteiger partial charge on any atom is -0.321 e. The van der Waals surface area contributed by atoms with Gasteiger partial charge < -0.3 is 5.73 Å². The van der Waals surface area contributed by atoms with Crippen LogP contribution in [0.15, 0.2) is 0 Å². The van der Waals surface area contributed by atoms with Crippen LogP contribution in [0.25, 0.3) is 0 Å². The lowest BCUT2D eigenvalue weighted by atomic mass is 9.89. The van der Waals surface area contributed by atoms with Crippen LogP contribution < -0.4 is 11.1 Å². The fourth-order valence-electron chi connectivity index (χ4n) is 2.05. The number of alkyl halides is 1. The fraction of sp³-hybridized carbons (Fsp3) is 1.00. The topological polar surface area (TPSA) is 40.1 Å². The van der Waals surface area contributed by atoms with E-state index in [1.165, 1.54) is 0 Å². The third-order valence-electron chi connectivity index (χ3n) is 2.84. The third kappa shape index (κ3) is 0.596. The SMILES string of the molecule is N[C@@]12CCC[C@@]1(F)C[N]C2. The van der Waals surface area contributed by atoms with Crippen molar-refractivity contribution in [2.75, 3.05) is 13.1 Å². The molecule has 1 heterocycles. The fourth-order valence-corrected chi connectivity index (χ4v) is 2.05. The van der Waals surface area contributed by atoms with Crippen molar-refractivity contribution < 1.29 is 4.39 Å². The third-order valence-corrected chi connectivity index (χ3v) is 2.84. The predicted octanol–water partition coefficient (Wildman–Crippen LogP) is 0.194. The highest BCUT2D eigenvalue weighted by molar-refractivity contribution is 5.15. The summed E-state index contributed by atoms with van der Waals surface area (Å²) in [5.74, 6) is 0. The molecule has 2 aliphatic rings. The highest BCUT2D eigenvalue weighted by Gasteiger charge is 2.57. The maximum absolute atomic E-state index is 13.7. The lowest BCUT2D eigenvalue weighted by Gasteiger charge is -2.27. The summed E-state index contributed by atoms with van der Waals surface area (Å²) in [4.78, 5) is 0. The van der Waals surface area contributed by atoms with Gasteiger partial charge in [-0.2, -0.15) is 0 Å². The maximum atomic E-state index is 13.7. The van der Waals surface area contributed by atoms with Crippen molar-refractivity contribution in [3.63, 3.8) is 0 Å². The van der Waals surface area contributed by atoms with Gasteiger partial charge in [0.2, 0.25) is 0 Å². The molecule has 0 aromatic carbocycles. The molecule has 57 valence electrons. The zero-order chi connectivity index (χ0) is 7.24. The number of rotatable bonds is 0. The molecule has 2 N–H and O–H groups in total. The van der Waals surface area contributed by atoms with E-state index in [0.717, 1.165) is 12.8 Å². The summed E-state index contributed by atoms with van der Waals surface area (Å²) in [5.41, 5.74) is 4.09. The zero-order valence-corrected chi connectivity index (χ0v) is 5.94. The number of nitrogens with two attached hydrogens (primary N) is 1. The average molecular weight is 143 g/mol.